The Morgan fingerprint density at radius 1 is 0.788 bits per heavy atom. The lowest BCUT2D eigenvalue weighted by molar-refractivity contribution is -0.393. The first-order valence-electron chi connectivity index (χ1n) is 11.1. The number of non-ortho nitro benzene ring substituents is 1. The molecule has 0 bridgehead atoms. The molecule has 0 heterocycles. The van der Waals surface area contributed by atoms with Gasteiger partial charge >= 0.3 is 5.69 Å². The molecule has 0 atom stereocenters. The summed E-state index contributed by atoms with van der Waals surface area (Å²) in [5.41, 5.74) is 0.684. The maximum Gasteiger partial charge on any atom is 0.303 e. The second-order valence-corrected chi connectivity index (χ2v) is 7.76. The van der Waals surface area contributed by atoms with Gasteiger partial charge in [-0.3, -0.25) is 20.2 Å². The summed E-state index contributed by atoms with van der Waals surface area (Å²) in [6, 6.07) is 14.8. The van der Waals surface area contributed by atoms with E-state index >= 15 is 0 Å². The molecule has 3 aromatic carbocycles. The van der Waals surface area contributed by atoms with Gasteiger partial charge in [0.2, 0.25) is 0 Å². The van der Waals surface area contributed by atoms with Crippen LogP contribution >= 0.6 is 0 Å². The summed E-state index contributed by atoms with van der Waals surface area (Å²) >= 11 is 0. The third kappa shape index (κ3) is 6.31. The van der Waals surface area contributed by atoms with E-state index in [2.05, 4.69) is 22.5 Å². The molecule has 0 saturated carbocycles. The van der Waals surface area contributed by atoms with Gasteiger partial charge in [-0.1, -0.05) is 63.3 Å². The Balaban J connectivity index is 1.79. The molecule has 0 amide bonds. The number of hydrogen-bond donors (Lipinski definition) is 1. The topological polar surface area (TPSA) is 123 Å². The maximum atomic E-state index is 11.3. The first kappa shape index (κ1) is 23.8. The molecule has 0 aliphatic rings. The first-order valence-corrected chi connectivity index (χ1v) is 11.1. The number of hydrogen-bond acceptors (Lipinski definition) is 7. The Hall–Kier alpha value is -3.88. The van der Waals surface area contributed by atoms with E-state index in [1.54, 1.807) is 0 Å². The molecule has 3 aromatic rings. The van der Waals surface area contributed by atoms with Gasteiger partial charge in [-0.2, -0.15) is 0 Å². The smallest absolute Gasteiger partial charge is 0.303 e. The van der Waals surface area contributed by atoms with E-state index in [4.69, 9.17) is 0 Å². The fourth-order valence-corrected chi connectivity index (χ4v) is 3.62. The van der Waals surface area contributed by atoms with Crippen molar-refractivity contribution < 1.29 is 9.85 Å². The number of nitro groups is 2. The quantitative estimate of drug-likeness (QED) is 0.130. The van der Waals surface area contributed by atoms with Crippen LogP contribution in [0.4, 0.5) is 28.4 Å². The highest BCUT2D eigenvalue weighted by molar-refractivity contribution is 6.00. The standard InChI is InChI=1S/C24H27N5O4/c1-2-3-4-5-6-9-16-25-21-14-15-22(20-11-8-7-10-19(20)21)26-27-23-13-12-18(28(30)31)17-24(23)29(32)33/h7-8,10-15,17,25H,2-6,9,16H2,1H3. The summed E-state index contributed by atoms with van der Waals surface area (Å²) < 4.78 is 0. The molecule has 0 radical (unpaired) electrons. The van der Waals surface area contributed by atoms with Crippen molar-refractivity contribution in [2.24, 2.45) is 10.2 Å². The summed E-state index contributed by atoms with van der Waals surface area (Å²) in [7, 11) is 0. The normalized spacial score (nSPS) is 11.2. The van der Waals surface area contributed by atoms with E-state index in [9.17, 15) is 20.2 Å². The summed E-state index contributed by atoms with van der Waals surface area (Å²) in [4.78, 5) is 20.9. The zero-order valence-electron chi connectivity index (χ0n) is 18.6. The molecule has 0 spiro atoms. The Labute approximate surface area is 191 Å². The van der Waals surface area contributed by atoms with E-state index < -0.39 is 15.5 Å². The molecular formula is C24H27N5O4. The van der Waals surface area contributed by atoms with Gasteiger partial charge in [0, 0.05) is 29.1 Å². The van der Waals surface area contributed by atoms with E-state index in [0.29, 0.717) is 5.69 Å². The summed E-state index contributed by atoms with van der Waals surface area (Å²) in [5.74, 6) is 0. The van der Waals surface area contributed by atoms with Crippen molar-refractivity contribution in [3.63, 3.8) is 0 Å². The Kier molecular flexibility index (Phi) is 8.40. The van der Waals surface area contributed by atoms with Crippen molar-refractivity contribution in [2.45, 2.75) is 45.4 Å². The van der Waals surface area contributed by atoms with Gasteiger partial charge in [0.15, 0.2) is 5.69 Å². The largest absolute Gasteiger partial charge is 0.385 e. The predicted octanol–water partition coefficient (Wildman–Crippen LogP) is 7.84. The molecule has 0 aliphatic carbocycles. The number of nitrogens with zero attached hydrogens (tertiary/aromatic N) is 4. The number of nitrogens with one attached hydrogen (secondary N) is 1. The van der Waals surface area contributed by atoms with Crippen LogP contribution in [-0.4, -0.2) is 16.4 Å². The maximum absolute atomic E-state index is 11.3. The van der Waals surface area contributed by atoms with Crippen LogP contribution in [-0.2, 0) is 0 Å². The lowest BCUT2D eigenvalue weighted by Crippen LogP contribution is -2.01. The molecule has 1 N–H and O–H groups in total. The molecule has 33 heavy (non-hydrogen) atoms. The van der Waals surface area contributed by atoms with E-state index in [-0.39, 0.29) is 11.4 Å². The highest BCUT2D eigenvalue weighted by Gasteiger charge is 2.19. The van der Waals surface area contributed by atoms with Crippen molar-refractivity contribution >= 4 is 39.2 Å². The predicted molar refractivity (Wildman–Crippen MR) is 130 cm³/mol. The fraction of sp³-hybridized carbons (Fsp3) is 0.333. The second-order valence-electron chi connectivity index (χ2n) is 7.76. The number of unbranched alkanes of at least 4 members (excludes halogenated alkanes) is 5. The van der Waals surface area contributed by atoms with E-state index in [1.165, 1.54) is 44.2 Å². The third-order valence-corrected chi connectivity index (χ3v) is 5.38. The minimum absolute atomic E-state index is 0.0417. The molecule has 0 saturated heterocycles. The van der Waals surface area contributed by atoms with Crippen LogP contribution in [0.25, 0.3) is 10.8 Å². The van der Waals surface area contributed by atoms with E-state index in [0.717, 1.165) is 35.5 Å². The monoisotopic (exact) mass is 449 g/mol. The number of azo groups is 1. The van der Waals surface area contributed by atoms with Gasteiger partial charge in [0.1, 0.15) is 0 Å². The fourth-order valence-electron chi connectivity index (χ4n) is 3.62. The zero-order chi connectivity index (χ0) is 23.6. The highest BCUT2D eigenvalue weighted by atomic mass is 16.6. The van der Waals surface area contributed by atoms with Crippen LogP contribution in [0.5, 0.6) is 0 Å². The van der Waals surface area contributed by atoms with Crippen molar-refractivity contribution in [3.05, 3.63) is 74.8 Å². The first-order chi connectivity index (χ1) is 16.0. The van der Waals surface area contributed by atoms with Crippen LogP contribution in [0.3, 0.4) is 0 Å². The average molecular weight is 450 g/mol. The van der Waals surface area contributed by atoms with Crippen LogP contribution in [0.1, 0.15) is 45.4 Å². The van der Waals surface area contributed by atoms with Crippen molar-refractivity contribution in [1.82, 2.24) is 0 Å². The lowest BCUT2D eigenvalue weighted by Gasteiger charge is -2.11. The molecule has 0 unspecified atom stereocenters. The summed E-state index contributed by atoms with van der Waals surface area (Å²) in [5, 5.41) is 35.9. The highest BCUT2D eigenvalue weighted by Crippen LogP contribution is 2.36. The molecule has 3 rings (SSSR count). The minimum atomic E-state index is -0.700. The van der Waals surface area contributed by atoms with Crippen molar-refractivity contribution in [3.8, 4) is 0 Å². The van der Waals surface area contributed by atoms with Crippen LogP contribution in [0, 0.1) is 20.2 Å². The Morgan fingerprint density at radius 2 is 1.45 bits per heavy atom. The van der Waals surface area contributed by atoms with Gasteiger partial charge in [-0.25, -0.2) is 0 Å². The SMILES string of the molecule is CCCCCCCCNc1ccc(N=Nc2ccc([N+](=O)[O-])cc2[N+](=O)[O-])c2ccccc12. The Bertz CT molecular complexity index is 1160. The van der Waals surface area contributed by atoms with Gasteiger partial charge in [-0.05, 0) is 24.6 Å². The van der Waals surface area contributed by atoms with Crippen LogP contribution in [0.15, 0.2) is 64.8 Å². The second kappa shape index (κ2) is 11.7. The molecular weight excluding hydrogens is 422 g/mol. The van der Waals surface area contributed by atoms with Gasteiger partial charge in [-0.15, -0.1) is 10.2 Å². The molecule has 0 aromatic heterocycles. The summed E-state index contributed by atoms with van der Waals surface area (Å²) in [6.45, 7) is 3.09. The number of rotatable bonds is 12. The molecule has 9 nitrogen and oxygen atoms in total. The molecule has 172 valence electrons. The van der Waals surface area contributed by atoms with Gasteiger partial charge < -0.3 is 5.32 Å². The third-order valence-electron chi connectivity index (χ3n) is 5.38. The molecule has 0 fully saturated rings. The molecule has 0 aliphatic heterocycles. The lowest BCUT2D eigenvalue weighted by atomic mass is 10.1. The number of nitro benzene ring substituents is 2. The Morgan fingerprint density at radius 3 is 2.18 bits per heavy atom. The van der Waals surface area contributed by atoms with Crippen molar-refractivity contribution in [2.75, 3.05) is 11.9 Å². The van der Waals surface area contributed by atoms with E-state index in [1.807, 2.05) is 36.4 Å². The number of benzene rings is 3. The molecule has 9 heteroatoms. The minimum Gasteiger partial charge on any atom is -0.385 e. The van der Waals surface area contributed by atoms with Crippen LogP contribution in [0.2, 0.25) is 0 Å². The van der Waals surface area contributed by atoms with Crippen LogP contribution < -0.4 is 5.32 Å². The van der Waals surface area contributed by atoms with Gasteiger partial charge in [0.25, 0.3) is 5.69 Å². The summed E-state index contributed by atoms with van der Waals surface area (Å²) in [6.07, 6.45) is 7.37. The number of anilines is 1. The van der Waals surface area contributed by atoms with Crippen molar-refractivity contribution in [1.29, 1.82) is 0 Å². The zero-order valence-corrected chi connectivity index (χ0v) is 18.6. The average Bonchev–Trinajstić information content (AvgIpc) is 2.82. The van der Waals surface area contributed by atoms with Gasteiger partial charge in [0.05, 0.1) is 21.6 Å². The number of fused-ring (bicyclic) bond motifs is 1.